The molecule has 230 valence electrons. The molecule has 1 nitrogen and oxygen atoms in total. The fraction of sp³-hybridized carbons (Fsp3) is 0.0417. The van der Waals surface area contributed by atoms with Crippen LogP contribution in [0.2, 0.25) is 0 Å². The van der Waals surface area contributed by atoms with E-state index in [-0.39, 0.29) is 12.0 Å². The summed E-state index contributed by atoms with van der Waals surface area (Å²) >= 11 is 0. The Labute approximate surface area is 286 Å². The second-order valence-corrected chi connectivity index (χ2v) is 13.1. The van der Waals surface area contributed by atoms with Crippen molar-refractivity contribution in [3.63, 3.8) is 0 Å². The van der Waals surface area contributed by atoms with Gasteiger partial charge >= 0.3 is 0 Å². The van der Waals surface area contributed by atoms with E-state index in [0.717, 1.165) is 5.75 Å². The van der Waals surface area contributed by atoms with Crippen LogP contribution in [0.1, 0.15) is 17.0 Å². The van der Waals surface area contributed by atoms with Crippen molar-refractivity contribution in [1.82, 2.24) is 0 Å². The third-order valence-electron chi connectivity index (χ3n) is 10.4. The van der Waals surface area contributed by atoms with Crippen molar-refractivity contribution in [2.75, 3.05) is 0 Å². The summed E-state index contributed by atoms with van der Waals surface area (Å²) in [4.78, 5) is 0. The molecule has 1 heterocycles. The molecule has 2 aliphatic rings. The molecule has 1 heteroatoms. The molecule has 0 spiro atoms. The van der Waals surface area contributed by atoms with E-state index in [1.807, 2.05) is 0 Å². The van der Waals surface area contributed by atoms with Gasteiger partial charge in [0.15, 0.2) is 0 Å². The Morgan fingerprint density at radius 3 is 1.86 bits per heavy atom. The summed E-state index contributed by atoms with van der Waals surface area (Å²) in [6.45, 7) is 0. The molecule has 49 heavy (non-hydrogen) atoms. The Hall–Kier alpha value is -6.18. The molecule has 0 saturated carbocycles. The molecular formula is C48H32O. The predicted octanol–water partition coefficient (Wildman–Crippen LogP) is 12.6. The van der Waals surface area contributed by atoms with Crippen LogP contribution in [0.15, 0.2) is 182 Å². The van der Waals surface area contributed by atoms with E-state index in [4.69, 9.17) is 4.74 Å². The van der Waals surface area contributed by atoms with Gasteiger partial charge in [0.25, 0.3) is 0 Å². The molecule has 0 bridgehead atoms. The maximum absolute atomic E-state index is 6.81. The predicted molar refractivity (Wildman–Crippen MR) is 206 cm³/mol. The van der Waals surface area contributed by atoms with Crippen LogP contribution in [0.4, 0.5) is 0 Å². The Morgan fingerprint density at radius 2 is 1.06 bits per heavy atom. The van der Waals surface area contributed by atoms with Crippen molar-refractivity contribution in [3.05, 3.63) is 193 Å². The lowest BCUT2D eigenvalue weighted by Gasteiger charge is -2.27. The number of hydrogen-bond acceptors (Lipinski definition) is 1. The molecule has 8 aromatic carbocycles. The maximum atomic E-state index is 6.81. The van der Waals surface area contributed by atoms with Gasteiger partial charge in [0.1, 0.15) is 11.9 Å². The monoisotopic (exact) mass is 624 g/mol. The number of fused-ring (bicyclic) bond motifs is 7. The fourth-order valence-electron chi connectivity index (χ4n) is 8.28. The second kappa shape index (κ2) is 11.2. The first-order valence-electron chi connectivity index (χ1n) is 17.1. The lowest BCUT2D eigenvalue weighted by Crippen LogP contribution is -2.19. The van der Waals surface area contributed by atoms with Crippen LogP contribution in [0.25, 0.3) is 71.3 Å². The normalized spacial score (nSPS) is 16.4. The van der Waals surface area contributed by atoms with Crippen LogP contribution in [0.5, 0.6) is 5.75 Å². The van der Waals surface area contributed by atoms with Gasteiger partial charge in [-0.1, -0.05) is 170 Å². The number of benzene rings is 8. The largest absolute Gasteiger partial charge is 0.484 e. The van der Waals surface area contributed by atoms with E-state index < -0.39 is 0 Å². The van der Waals surface area contributed by atoms with Crippen LogP contribution in [-0.2, 0) is 0 Å². The minimum Gasteiger partial charge on any atom is -0.484 e. The molecule has 0 radical (unpaired) electrons. The lowest BCUT2D eigenvalue weighted by atomic mass is 9.76. The maximum Gasteiger partial charge on any atom is 0.132 e. The minimum atomic E-state index is -0.0586. The van der Waals surface area contributed by atoms with Crippen LogP contribution in [-0.4, -0.2) is 6.10 Å². The third kappa shape index (κ3) is 4.40. The summed E-state index contributed by atoms with van der Waals surface area (Å²) in [5.74, 6) is 1.10. The summed E-state index contributed by atoms with van der Waals surface area (Å²) in [7, 11) is 0. The van der Waals surface area contributed by atoms with Crippen molar-refractivity contribution in [1.29, 1.82) is 0 Å². The van der Waals surface area contributed by atoms with E-state index in [1.54, 1.807) is 0 Å². The average molecular weight is 625 g/mol. The van der Waals surface area contributed by atoms with Gasteiger partial charge in [-0.25, -0.2) is 0 Å². The Balaban J connectivity index is 1.30. The summed E-state index contributed by atoms with van der Waals surface area (Å²) in [6.07, 6.45) is 6.70. The molecule has 0 aromatic heterocycles. The Morgan fingerprint density at radius 1 is 0.429 bits per heavy atom. The zero-order valence-corrected chi connectivity index (χ0v) is 26.9. The number of allylic oxidation sites excluding steroid dienone is 2. The van der Waals surface area contributed by atoms with Crippen molar-refractivity contribution in [2.45, 2.75) is 12.0 Å². The summed E-state index contributed by atoms with van der Waals surface area (Å²) in [6, 6.07) is 59.6. The van der Waals surface area contributed by atoms with Crippen LogP contribution >= 0.6 is 0 Å². The molecule has 2 atom stereocenters. The summed E-state index contributed by atoms with van der Waals surface area (Å²) in [5.41, 5.74) is 11.2. The average Bonchev–Trinajstić information content (AvgIpc) is 3.57. The highest BCUT2D eigenvalue weighted by Crippen LogP contribution is 2.54. The van der Waals surface area contributed by atoms with E-state index in [1.165, 1.54) is 82.4 Å². The number of hydrogen-bond donors (Lipinski definition) is 0. The molecule has 0 fully saturated rings. The van der Waals surface area contributed by atoms with Crippen molar-refractivity contribution in [3.8, 4) is 39.1 Å². The summed E-state index contributed by atoms with van der Waals surface area (Å²) in [5, 5.41) is 7.41. The SMILES string of the molecule is C1=CC2Oc3c(ccc4ccccc34)C2C(c2c3ccccc3c(-c3ccccc3-c3ccccc3)c3cc(-c4ccccc4)ccc23)=C1. The van der Waals surface area contributed by atoms with Gasteiger partial charge in [-0.05, 0) is 83.6 Å². The Bertz CT molecular complexity index is 2630. The van der Waals surface area contributed by atoms with Gasteiger partial charge in [0, 0.05) is 10.9 Å². The highest BCUT2D eigenvalue weighted by Gasteiger charge is 2.39. The molecule has 0 amide bonds. The van der Waals surface area contributed by atoms with E-state index in [2.05, 4.69) is 182 Å². The van der Waals surface area contributed by atoms with Gasteiger partial charge in [-0.15, -0.1) is 0 Å². The smallest absolute Gasteiger partial charge is 0.132 e. The molecular weight excluding hydrogens is 593 g/mol. The molecule has 0 N–H and O–H groups in total. The second-order valence-electron chi connectivity index (χ2n) is 13.1. The van der Waals surface area contributed by atoms with Crippen LogP contribution < -0.4 is 4.74 Å². The minimum absolute atomic E-state index is 0.0586. The molecule has 1 aliphatic heterocycles. The molecule has 2 unspecified atom stereocenters. The third-order valence-corrected chi connectivity index (χ3v) is 10.4. The fourth-order valence-corrected chi connectivity index (χ4v) is 8.28. The first-order valence-corrected chi connectivity index (χ1v) is 17.1. The Kier molecular flexibility index (Phi) is 6.38. The van der Waals surface area contributed by atoms with Crippen molar-refractivity contribution in [2.24, 2.45) is 0 Å². The number of rotatable bonds is 4. The van der Waals surface area contributed by atoms with Gasteiger partial charge in [0.05, 0.1) is 5.92 Å². The van der Waals surface area contributed by atoms with Crippen molar-refractivity contribution < 1.29 is 4.74 Å². The highest BCUT2D eigenvalue weighted by atomic mass is 16.5. The standard InChI is InChI=1S/C48H32O/c1-3-14-31(15-4-1)34-27-28-40-43(30-34)46(37-21-10-9-19-35(37)32-16-5-2-6-17-32)39-23-12-11-22-38(39)45(40)41-24-13-25-44-47(41)42-29-26-33-18-7-8-20-36(33)48(42)49-44/h1-30,44,47H. The highest BCUT2D eigenvalue weighted by molar-refractivity contribution is 6.21. The van der Waals surface area contributed by atoms with Gasteiger partial charge in [-0.3, -0.25) is 0 Å². The van der Waals surface area contributed by atoms with Gasteiger partial charge in [-0.2, -0.15) is 0 Å². The van der Waals surface area contributed by atoms with Gasteiger partial charge < -0.3 is 4.74 Å². The molecule has 0 saturated heterocycles. The van der Waals surface area contributed by atoms with E-state index >= 15 is 0 Å². The van der Waals surface area contributed by atoms with Crippen LogP contribution in [0, 0.1) is 0 Å². The van der Waals surface area contributed by atoms with Crippen LogP contribution in [0.3, 0.4) is 0 Å². The zero-order valence-electron chi connectivity index (χ0n) is 26.9. The first-order chi connectivity index (χ1) is 24.3. The molecule has 1 aliphatic carbocycles. The summed E-state index contributed by atoms with van der Waals surface area (Å²) < 4.78 is 6.81. The van der Waals surface area contributed by atoms with Crippen molar-refractivity contribution >= 4 is 37.9 Å². The molecule has 10 rings (SSSR count). The zero-order chi connectivity index (χ0) is 32.3. The number of ether oxygens (including phenoxy) is 1. The van der Waals surface area contributed by atoms with E-state index in [0.29, 0.717) is 0 Å². The first kappa shape index (κ1) is 27.9. The topological polar surface area (TPSA) is 9.23 Å². The quantitative estimate of drug-likeness (QED) is 0.177. The molecule has 8 aromatic rings. The van der Waals surface area contributed by atoms with E-state index in [9.17, 15) is 0 Å². The van der Waals surface area contributed by atoms with Gasteiger partial charge in [0.2, 0.25) is 0 Å². The lowest BCUT2D eigenvalue weighted by molar-refractivity contribution is 0.274.